The van der Waals surface area contributed by atoms with Crippen LogP contribution in [-0.2, 0) is 31.1 Å². The quantitative estimate of drug-likeness (QED) is 0.101. The lowest BCUT2D eigenvalue weighted by molar-refractivity contribution is 0.0573. The molecule has 0 spiro atoms. The monoisotopic (exact) mass is 614 g/mol. The third-order valence-corrected chi connectivity index (χ3v) is 14.7. The zero-order valence-corrected chi connectivity index (χ0v) is 27.7. The van der Waals surface area contributed by atoms with Gasteiger partial charge in [-0.2, -0.15) is 0 Å². The molecular weight excluding hydrogens is 567 g/mol. The van der Waals surface area contributed by atoms with E-state index in [0.717, 1.165) is 0 Å². The first-order valence-corrected chi connectivity index (χ1v) is 19.7. The van der Waals surface area contributed by atoms with Gasteiger partial charge >= 0.3 is 25.2 Å². The molecule has 0 heterocycles. The van der Waals surface area contributed by atoms with E-state index in [-0.39, 0.29) is 6.16 Å². The summed E-state index contributed by atoms with van der Waals surface area (Å²) in [7, 11) is -10.3. The SMILES string of the molecule is CCO[Si](CCC(CP(=O)(Oc1ccccc1)Oc1ccccc1)[Si](OCC)(OCC)OCC)(OCC)OCC. The van der Waals surface area contributed by atoms with Crippen LogP contribution in [0.25, 0.3) is 0 Å². The predicted octanol–water partition coefficient (Wildman–Crippen LogP) is 7.19. The number of para-hydroxylation sites is 2. The van der Waals surface area contributed by atoms with Gasteiger partial charge in [0, 0.05) is 51.2 Å². The van der Waals surface area contributed by atoms with Gasteiger partial charge in [-0.25, -0.2) is 4.57 Å². The van der Waals surface area contributed by atoms with Gasteiger partial charge in [0.05, 0.1) is 6.16 Å². The first-order chi connectivity index (χ1) is 19.3. The van der Waals surface area contributed by atoms with E-state index >= 15 is 0 Å². The number of hydrogen-bond acceptors (Lipinski definition) is 9. The molecule has 0 N–H and O–H groups in total. The van der Waals surface area contributed by atoms with Crippen molar-refractivity contribution in [2.45, 2.75) is 59.5 Å². The van der Waals surface area contributed by atoms with Crippen LogP contribution in [-0.4, -0.2) is 63.4 Å². The van der Waals surface area contributed by atoms with Gasteiger partial charge in [-0.15, -0.1) is 0 Å². The van der Waals surface area contributed by atoms with Gasteiger partial charge in [0.2, 0.25) is 0 Å². The van der Waals surface area contributed by atoms with Gasteiger partial charge in [-0.1, -0.05) is 36.4 Å². The third kappa shape index (κ3) is 10.7. The Hall–Kier alpha value is -1.54. The van der Waals surface area contributed by atoms with Gasteiger partial charge < -0.3 is 35.6 Å². The van der Waals surface area contributed by atoms with Crippen LogP contribution in [0.4, 0.5) is 0 Å². The summed E-state index contributed by atoms with van der Waals surface area (Å²) in [6.45, 7) is 13.9. The normalized spacial score (nSPS) is 13.2. The van der Waals surface area contributed by atoms with Crippen molar-refractivity contribution in [1.82, 2.24) is 0 Å². The minimum Gasteiger partial charge on any atom is -0.416 e. The highest BCUT2D eigenvalue weighted by molar-refractivity contribution is 7.54. The molecule has 0 aromatic heterocycles. The highest BCUT2D eigenvalue weighted by atomic mass is 31.2. The fourth-order valence-electron chi connectivity index (χ4n) is 4.46. The summed E-state index contributed by atoms with van der Waals surface area (Å²) in [6.07, 6.45) is 0.455. The molecule has 0 saturated carbocycles. The molecule has 0 aliphatic heterocycles. The Morgan fingerprint density at radius 2 is 0.975 bits per heavy atom. The van der Waals surface area contributed by atoms with Crippen molar-refractivity contribution in [3.05, 3.63) is 60.7 Å². The lowest BCUT2D eigenvalue weighted by Gasteiger charge is -2.37. The minimum absolute atomic E-state index is 0.00212. The molecule has 12 heteroatoms. The van der Waals surface area contributed by atoms with Crippen LogP contribution in [0.1, 0.15) is 48.0 Å². The highest BCUT2D eigenvalue weighted by Crippen LogP contribution is 2.54. The predicted molar refractivity (Wildman–Crippen MR) is 161 cm³/mol. The van der Waals surface area contributed by atoms with Crippen molar-refractivity contribution in [3.8, 4) is 11.5 Å². The summed E-state index contributed by atoms with van der Waals surface area (Å²) < 4.78 is 64.3. The molecule has 40 heavy (non-hydrogen) atoms. The zero-order chi connectivity index (χ0) is 29.3. The minimum atomic E-state index is -3.83. The van der Waals surface area contributed by atoms with Gasteiger partial charge in [0.15, 0.2) is 0 Å². The molecule has 0 aliphatic rings. The van der Waals surface area contributed by atoms with Crippen LogP contribution >= 0.6 is 7.60 Å². The Labute approximate surface area is 242 Å². The highest BCUT2D eigenvalue weighted by Gasteiger charge is 2.54. The molecule has 2 aromatic carbocycles. The van der Waals surface area contributed by atoms with Crippen LogP contribution in [0.5, 0.6) is 11.5 Å². The van der Waals surface area contributed by atoms with Crippen LogP contribution in [0.2, 0.25) is 11.6 Å². The first-order valence-electron chi connectivity index (χ1n) is 14.3. The van der Waals surface area contributed by atoms with E-state index in [2.05, 4.69) is 0 Å². The summed E-state index contributed by atoms with van der Waals surface area (Å²) in [4.78, 5) is 0. The number of rotatable bonds is 22. The van der Waals surface area contributed by atoms with Gasteiger partial charge in [-0.05, 0) is 72.2 Å². The van der Waals surface area contributed by atoms with E-state index in [1.807, 2.05) is 77.9 Å². The number of benzene rings is 2. The van der Waals surface area contributed by atoms with E-state index in [1.165, 1.54) is 0 Å². The van der Waals surface area contributed by atoms with E-state index in [4.69, 9.17) is 35.6 Å². The van der Waals surface area contributed by atoms with Crippen molar-refractivity contribution >= 4 is 25.2 Å². The average molecular weight is 615 g/mol. The molecule has 2 rings (SSSR count). The summed E-state index contributed by atoms with van der Waals surface area (Å²) >= 11 is 0. The van der Waals surface area contributed by atoms with Gasteiger partial charge in [0.1, 0.15) is 11.5 Å². The van der Waals surface area contributed by atoms with Crippen molar-refractivity contribution in [2.24, 2.45) is 0 Å². The smallest absolute Gasteiger partial charge is 0.416 e. The second-order valence-corrected chi connectivity index (χ2v) is 16.3. The Bertz CT molecular complexity index is 905. The number of hydrogen-bond donors (Lipinski definition) is 0. The molecule has 0 saturated heterocycles. The average Bonchev–Trinajstić information content (AvgIpc) is 2.93. The third-order valence-electron chi connectivity index (χ3n) is 5.85. The topological polar surface area (TPSA) is 90.9 Å². The molecule has 1 unspecified atom stereocenters. The molecule has 0 bridgehead atoms. The van der Waals surface area contributed by atoms with E-state index in [0.29, 0.717) is 63.6 Å². The van der Waals surface area contributed by atoms with E-state index in [1.54, 1.807) is 24.3 Å². The van der Waals surface area contributed by atoms with E-state index < -0.39 is 30.7 Å². The summed E-state index contributed by atoms with van der Waals surface area (Å²) in [6, 6.07) is 18.5. The largest absolute Gasteiger partial charge is 0.504 e. The van der Waals surface area contributed by atoms with Gasteiger partial charge in [0.25, 0.3) is 0 Å². The summed E-state index contributed by atoms with van der Waals surface area (Å²) in [5, 5.41) is 0. The molecule has 9 nitrogen and oxygen atoms in total. The summed E-state index contributed by atoms with van der Waals surface area (Å²) in [5.74, 6) is 0.886. The van der Waals surface area contributed by atoms with Crippen molar-refractivity contribution in [1.29, 1.82) is 0 Å². The lowest BCUT2D eigenvalue weighted by Crippen LogP contribution is -2.53. The zero-order valence-electron chi connectivity index (χ0n) is 24.8. The fourth-order valence-corrected chi connectivity index (χ4v) is 13.5. The molecule has 226 valence electrons. The second kappa shape index (κ2) is 18.1. The lowest BCUT2D eigenvalue weighted by atomic mass is 10.3. The molecule has 0 aliphatic carbocycles. The van der Waals surface area contributed by atoms with Crippen molar-refractivity contribution in [2.75, 3.05) is 45.8 Å². The maximum atomic E-state index is 14.7. The van der Waals surface area contributed by atoms with Crippen LogP contribution in [0.15, 0.2) is 60.7 Å². The molecule has 1 atom stereocenters. The second-order valence-electron chi connectivity index (χ2n) is 8.72. The fraction of sp³-hybridized carbons (Fsp3) is 0.571. The Kier molecular flexibility index (Phi) is 15.7. The Balaban J connectivity index is 2.56. The first kappa shape index (κ1) is 34.7. The van der Waals surface area contributed by atoms with E-state index in [9.17, 15) is 4.57 Å². The molecule has 0 fully saturated rings. The molecule has 0 radical (unpaired) electrons. The van der Waals surface area contributed by atoms with Crippen LogP contribution in [0.3, 0.4) is 0 Å². The maximum absolute atomic E-state index is 14.7. The van der Waals surface area contributed by atoms with Crippen LogP contribution < -0.4 is 9.05 Å². The molecular formula is C28H47O9PSi2. The molecule has 0 amide bonds. The Morgan fingerprint density at radius 1 is 0.600 bits per heavy atom. The van der Waals surface area contributed by atoms with Crippen molar-refractivity contribution < 1.29 is 40.2 Å². The maximum Gasteiger partial charge on any atom is 0.504 e. The van der Waals surface area contributed by atoms with Crippen LogP contribution in [0, 0.1) is 0 Å². The summed E-state index contributed by atoms with van der Waals surface area (Å²) in [5.41, 5.74) is -0.459. The Morgan fingerprint density at radius 3 is 1.32 bits per heavy atom. The van der Waals surface area contributed by atoms with Gasteiger partial charge in [-0.3, -0.25) is 0 Å². The van der Waals surface area contributed by atoms with Crippen molar-refractivity contribution in [3.63, 3.8) is 0 Å². The molecule has 2 aromatic rings. The standard InChI is InChI=1S/C28H47O9PSi2/c1-7-30-39(31-8-2,32-9-3)24-23-28(40(33-10-4,34-11-5)35-12-6)25-38(29,36-26-19-15-13-16-20-26)37-27-21-17-14-18-22-27/h13-22,28H,7-12,23-25H2,1-6H3.